The van der Waals surface area contributed by atoms with Crippen LogP contribution in [0.5, 0.6) is 40.2 Å². The summed E-state index contributed by atoms with van der Waals surface area (Å²) in [5, 5.41) is 64.7. The van der Waals surface area contributed by atoms with E-state index in [9.17, 15) is 39.8 Å². The van der Waals surface area contributed by atoms with E-state index in [4.69, 9.17) is 23.7 Å². The molecule has 7 N–H and O–H groups in total. The van der Waals surface area contributed by atoms with Gasteiger partial charge in [-0.2, -0.15) is 0 Å². The van der Waals surface area contributed by atoms with Crippen LogP contribution in [0.2, 0.25) is 0 Å². The minimum absolute atomic E-state index is 0.0638. The van der Waals surface area contributed by atoms with Gasteiger partial charge in [-0.05, 0) is 60.9 Å². The standard InChI is InChI=1S/C32H32FNO12/c1-15(9-10-42-13-17-3-6-19(33)7-4-17)28-26(39)27(40)32(46-28)45-21-8-5-18(12-20(21)35)11-16(2)31(41)34-22-23(36)25(38)30-29(24(22)37)43-14-44-30/h3-9,11-12,26-28,32,35-40H,10,13-14H2,1-2H3,(H,34,41)/t26-,27-,28+,32+/m0/s1. The van der Waals surface area contributed by atoms with Crippen molar-refractivity contribution in [2.24, 2.45) is 0 Å². The van der Waals surface area contributed by atoms with Crippen molar-refractivity contribution >= 4 is 17.7 Å². The highest BCUT2D eigenvalue weighted by molar-refractivity contribution is 6.08. The van der Waals surface area contributed by atoms with E-state index in [2.05, 4.69) is 5.32 Å². The van der Waals surface area contributed by atoms with Crippen LogP contribution >= 0.6 is 0 Å². The fourth-order valence-electron chi connectivity index (χ4n) is 4.76. The number of hydrogen-bond donors (Lipinski definition) is 7. The van der Waals surface area contributed by atoms with E-state index >= 15 is 0 Å². The average Bonchev–Trinajstić information content (AvgIpc) is 3.64. The number of hydrogen-bond acceptors (Lipinski definition) is 12. The molecule has 244 valence electrons. The van der Waals surface area contributed by atoms with Gasteiger partial charge in [-0.3, -0.25) is 4.79 Å². The molecule has 0 unspecified atom stereocenters. The lowest BCUT2D eigenvalue weighted by molar-refractivity contribution is -0.112. The van der Waals surface area contributed by atoms with Crippen molar-refractivity contribution in [1.82, 2.24) is 0 Å². The van der Waals surface area contributed by atoms with Gasteiger partial charge in [-0.15, -0.1) is 0 Å². The Kier molecular flexibility index (Phi) is 9.53. The van der Waals surface area contributed by atoms with Crippen LogP contribution in [-0.4, -0.2) is 74.5 Å². The number of carbonyl (C=O) groups excluding carboxylic acids is 1. The second-order valence-corrected chi connectivity index (χ2v) is 10.6. The molecule has 3 aromatic carbocycles. The van der Waals surface area contributed by atoms with Crippen LogP contribution in [0.3, 0.4) is 0 Å². The number of amides is 1. The first-order valence-corrected chi connectivity index (χ1v) is 14.0. The normalized spacial score (nSPS) is 21.0. The molecular formula is C32H32FNO12. The Balaban J connectivity index is 1.19. The minimum atomic E-state index is -1.44. The zero-order chi connectivity index (χ0) is 33.1. The summed E-state index contributed by atoms with van der Waals surface area (Å²) in [6.45, 7) is 3.26. The third kappa shape index (κ3) is 6.79. The number of anilines is 1. The number of nitrogens with one attached hydrogen (secondary N) is 1. The zero-order valence-corrected chi connectivity index (χ0v) is 24.6. The van der Waals surface area contributed by atoms with Crippen molar-refractivity contribution in [3.05, 3.63) is 76.6 Å². The molecule has 2 aliphatic rings. The van der Waals surface area contributed by atoms with E-state index in [1.807, 2.05) is 0 Å². The monoisotopic (exact) mass is 641 g/mol. The van der Waals surface area contributed by atoms with Crippen molar-refractivity contribution < 1.29 is 63.5 Å². The fraction of sp³-hybridized carbons (Fsp3) is 0.281. The van der Waals surface area contributed by atoms with Gasteiger partial charge in [-0.1, -0.05) is 24.3 Å². The molecule has 0 aromatic heterocycles. The highest BCUT2D eigenvalue weighted by Crippen LogP contribution is 2.56. The van der Waals surface area contributed by atoms with Crippen molar-refractivity contribution in [2.75, 3.05) is 18.7 Å². The van der Waals surface area contributed by atoms with E-state index in [-0.39, 0.29) is 54.4 Å². The molecule has 13 nitrogen and oxygen atoms in total. The molecular weight excluding hydrogens is 609 g/mol. The Morgan fingerprint density at radius 1 is 0.978 bits per heavy atom. The smallest absolute Gasteiger partial charge is 0.251 e. The SMILES string of the molecule is CC(=Cc1ccc(O[C@@H]2O[C@H](C(C)=CCOCc3ccc(F)cc3)[C@@H](O)[C@@H]2O)c(O)c1)C(=O)Nc1c(O)c(O)c2c(c1O)OCO2. The number of aliphatic hydroxyl groups is 2. The fourth-order valence-corrected chi connectivity index (χ4v) is 4.76. The molecule has 1 fully saturated rings. The lowest BCUT2D eigenvalue weighted by atomic mass is 10.0. The zero-order valence-electron chi connectivity index (χ0n) is 24.6. The molecule has 14 heteroatoms. The van der Waals surface area contributed by atoms with Gasteiger partial charge in [0, 0.05) is 5.57 Å². The van der Waals surface area contributed by atoms with E-state index in [0.717, 1.165) is 5.56 Å². The van der Waals surface area contributed by atoms with Crippen molar-refractivity contribution in [1.29, 1.82) is 0 Å². The molecule has 1 saturated heterocycles. The lowest BCUT2D eigenvalue weighted by Gasteiger charge is -2.18. The van der Waals surface area contributed by atoms with Gasteiger partial charge in [0.1, 0.15) is 29.8 Å². The molecule has 2 heterocycles. The number of phenolic OH excluding ortho intramolecular Hbond substituents is 4. The third-order valence-corrected chi connectivity index (χ3v) is 7.32. The number of halogens is 1. The lowest BCUT2D eigenvalue weighted by Crippen LogP contribution is -2.35. The van der Waals surface area contributed by atoms with Crippen LogP contribution in [0.4, 0.5) is 10.1 Å². The number of phenols is 4. The van der Waals surface area contributed by atoms with Gasteiger partial charge in [0.25, 0.3) is 5.91 Å². The molecule has 5 rings (SSSR count). The van der Waals surface area contributed by atoms with Crippen LogP contribution in [0.25, 0.3) is 6.08 Å². The molecule has 46 heavy (non-hydrogen) atoms. The Labute approximate surface area is 261 Å². The summed E-state index contributed by atoms with van der Waals surface area (Å²) in [7, 11) is 0. The summed E-state index contributed by atoms with van der Waals surface area (Å²) < 4.78 is 40.1. The second-order valence-electron chi connectivity index (χ2n) is 10.6. The first kappa shape index (κ1) is 32.4. The predicted molar refractivity (Wildman–Crippen MR) is 159 cm³/mol. The van der Waals surface area contributed by atoms with Crippen LogP contribution in [0.1, 0.15) is 25.0 Å². The van der Waals surface area contributed by atoms with Gasteiger partial charge < -0.3 is 59.6 Å². The average molecular weight is 642 g/mol. The number of aliphatic hydroxyl groups excluding tert-OH is 2. The summed E-state index contributed by atoms with van der Waals surface area (Å²) in [5.41, 5.74) is 1.34. The van der Waals surface area contributed by atoms with Crippen LogP contribution in [-0.2, 0) is 20.9 Å². The topological polar surface area (TPSA) is 197 Å². The Morgan fingerprint density at radius 3 is 2.37 bits per heavy atom. The van der Waals surface area contributed by atoms with Crippen molar-refractivity contribution in [2.45, 2.75) is 45.1 Å². The first-order valence-electron chi connectivity index (χ1n) is 14.0. The van der Waals surface area contributed by atoms with Crippen molar-refractivity contribution in [3.8, 4) is 40.2 Å². The maximum Gasteiger partial charge on any atom is 0.251 e. The Hall–Kier alpha value is -5.02. The molecule has 3 aromatic rings. The quantitative estimate of drug-likeness (QED) is 0.0561. The maximum atomic E-state index is 13.1. The van der Waals surface area contributed by atoms with E-state index in [1.54, 1.807) is 25.1 Å². The number of carbonyl (C=O) groups is 1. The first-order chi connectivity index (χ1) is 21.9. The van der Waals surface area contributed by atoms with E-state index < -0.39 is 53.4 Å². The van der Waals surface area contributed by atoms with Crippen LogP contribution in [0, 0.1) is 5.82 Å². The van der Waals surface area contributed by atoms with Gasteiger partial charge in [-0.25, -0.2) is 4.39 Å². The van der Waals surface area contributed by atoms with E-state index in [0.29, 0.717) is 11.1 Å². The minimum Gasteiger partial charge on any atom is -0.504 e. The van der Waals surface area contributed by atoms with Crippen LogP contribution < -0.4 is 19.5 Å². The molecule has 1 amide bonds. The number of aromatic hydroxyl groups is 4. The number of ether oxygens (including phenoxy) is 5. The molecule has 0 saturated carbocycles. The highest BCUT2D eigenvalue weighted by Gasteiger charge is 2.45. The van der Waals surface area contributed by atoms with Gasteiger partial charge in [0.15, 0.2) is 23.0 Å². The Morgan fingerprint density at radius 2 is 1.67 bits per heavy atom. The number of fused-ring (bicyclic) bond motifs is 1. The largest absolute Gasteiger partial charge is 0.504 e. The third-order valence-electron chi connectivity index (χ3n) is 7.32. The van der Waals surface area contributed by atoms with E-state index in [1.165, 1.54) is 43.3 Å². The van der Waals surface area contributed by atoms with Crippen LogP contribution in [0.15, 0.2) is 59.7 Å². The second kappa shape index (κ2) is 13.5. The summed E-state index contributed by atoms with van der Waals surface area (Å²) in [4.78, 5) is 12.8. The molecule has 0 bridgehead atoms. The van der Waals surface area contributed by atoms with Gasteiger partial charge in [0.2, 0.25) is 30.3 Å². The molecule has 0 radical (unpaired) electrons. The molecule has 2 aliphatic heterocycles. The maximum absolute atomic E-state index is 13.1. The molecule has 0 spiro atoms. The van der Waals surface area contributed by atoms with Gasteiger partial charge in [0.05, 0.1) is 13.2 Å². The van der Waals surface area contributed by atoms with Crippen molar-refractivity contribution in [3.63, 3.8) is 0 Å². The molecule has 0 aliphatic carbocycles. The Bertz CT molecular complexity index is 1670. The summed E-state index contributed by atoms with van der Waals surface area (Å²) >= 11 is 0. The molecule has 4 atom stereocenters. The highest BCUT2D eigenvalue weighted by atomic mass is 19.1. The number of benzene rings is 3. The van der Waals surface area contributed by atoms with Gasteiger partial charge >= 0.3 is 0 Å². The predicted octanol–water partition coefficient (Wildman–Crippen LogP) is 3.41. The number of rotatable bonds is 10. The summed E-state index contributed by atoms with van der Waals surface area (Å²) in [5.74, 6) is -4.16. The summed E-state index contributed by atoms with van der Waals surface area (Å²) in [6, 6.07) is 10.1. The summed E-state index contributed by atoms with van der Waals surface area (Å²) in [6.07, 6.45) is -1.92.